The van der Waals surface area contributed by atoms with E-state index in [-0.39, 0.29) is 57.0 Å². The molecule has 0 saturated heterocycles. The van der Waals surface area contributed by atoms with Crippen molar-refractivity contribution < 1.29 is 33.0 Å². The van der Waals surface area contributed by atoms with Crippen molar-refractivity contribution >= 4 is 58.5 Å². The molecule has 1 aliphatic carbocycles. The lowest BCUT2D eigenvalue weighted by Gasteiger charge is -2.24. The first kappa shape index (κ1) is 34.2. The van der Waals surface area contributed by atoms with Gasteiger partial charge in [0.1, 0.15) is 16.0 Å². The highest BCUT2D eigenvalue weighted by atomic mass is 35.5. The number of esters is 3. The summed E-state index contributed by atoms with van der Waals surface area (Å²) in [5.74, 6) is -1.45. The summed E-state index contributed by atoms with van der Waals surface area (Å²) in [6, 6.07) is 15.5. The van der Waals surface area contributed by atoms with Crippen LogP contribution in [0.4, 0.5) is 0 Å². The molecule has 0 N–H and O–H groups in total. The van der Waals surface area contributed by atoms with Crippen LogP contribution < -0.4 is 24.4 Å². The fourth-order valence-corrected chi connectivity index (χ4v) is 7.23. The number of benzene rings is 2. The average Bonchev–Trinajstić information content (AvgIpc) is 3.41. The van der Waals surface area contributed by atoms with Crippen LogP contribution in [0.1, 0.15) is 55.4 Å². The second-order valence-corrected chi connectivity index (χ2v) is 14.0. The van der Waals surface area contributed by atoms with Gasteiger partial charge in [0.25, 0.3) is 5.56 Å². The Bertz CT molecular complexity index is 2180. The van der Waals surface area contributed by atoms with E-state index in [0.717, 1.165) is 0 Å². The molecule has 252 valence electrons. The van der Waals surface area contributed by atoms with E-state index in [4.69, 9.17) is 41.8 Å². The van der Waals surface area contributed by atoms with Gasteiger partial charge in [-0.05, 0) is 84.9 Å². The van der Waals surface area contributed by atoms with Gasteiger partial charge in [0.05, 0.1) is 40.6 Å². The molecule has 3 atom stereocenters. The van der Waals surface area contributed by atoms with Gasteiger partial charge in [-0.15, -0.1) is 0 Å². The van der Waals surface area contributed by atoms with Crippen molar-refractivity contribution in [2.75, 3.05) is 6.61 Å². The van der Waals surface area contributed by atoms with Gasteiger partial charge in [0.2, 0.25) is 5.76 Å². The first-order chi connectivity index (χ1) is 23.4. The van der Waals surface area contributed by atoms with Gasteiger partial charge in [0, 0.05) is 0 Å². The zero-order valence-corrected chi connectivity index (χ0v) is 29.1. The molecule has 0 amide bonds. The molecule has 0 spiro atoms. The molecule has 1 aliphatic heterocycles. The molecular formula is C36H30Cl2N2O8S. The largest absolute Gasteiger partial charge is 0.463 e. The lowest BCUT2D eigenvalue weighted by Crippen LogP contribution is -2.39. The van der Waals surface area contributed by atoms with E-state index in [1.165, 1.54) is 28.2 Å². The van der Waals surface area contributed by atoms with E-state index in [1.54, 1.807) is 80.6 Å². The molecule has 0 radical (unpaired) electrons. The minimum atomic E-state index is -0.854. The molecule has 0 bridgehead atoms. The number of allylic oxidation sites excluding steroid dienone is 2. The third-order valence-electron chi connectivity index (χ3n) is 8.51. The standard InChI is InChI=1S/C36H30Cl2N2O8S/c1-5-45-33(43)28-19(2)39-35-40(30(28)21-10-14-23(15-11-21)47-32(42)25-7-6-16-46-25)31(41)26(49-35)17-20-8-12-22(13-9-20)48-34(44)29-24(18-27(37)38)36(29,3)4/h6-18,24,29-30H,5H2,1-4H3/b26-17+. The molecule has 6 rings (SSSR count). The Balaban J connectivity index is 1.29. The van der Waals surface area contributed by atoms with Gasteiger partial charge < -0.3 is 18.6 Å². The zero-order chi connectivity index (χ0) is 35.0. The highest BCUT2D eigenvalue weighted by molar-refractivity contribution is 7.07. The number of hydrogen-bond acceptors (Lipinski definition) is 10. The van der Waals surface area contributed by atoms with Gasteiger partial charge in [-0.2, -0.15) is 0 Å². The smallest absolute Gasteiger partial charge is 0.379 e. The van der Waals surface area contributed by atoms with Crippen LogP contribution in [0.5, 0.6) is 11.5 Å². The Morgan fingerprint density at radius 2 is 1.67 bits per heavy atom. The van der Waals surface area contributed by atoms with Crippen molar-refractivity contribution in [3.05, 3.63) is 125 Å². The maximum atomic E-state index is 14.0. The molecule has 2 aliphatic rings. The molecule has 2 aromatic heterocycles. The molecular weight excluding hydrogens is 691 g/mol. The number of carbonyl (C=O) groups is 3. The van der Waals surface area contributed by atoms with E-state index in [9.17, 15) is 19.2 Å². The van der Waals surface area contributed by atoms with Gasteiger partial charge in [-0.3, -0.25) is 14.2 Å². The molecule has 1 saturated carbocycles. The fourth-order valence-electron chi connectivity index (χ4n) is 5.91. The van der Waals surface area contributed by atoms with Gasteiger partial charge in [0.15, 0.2) is 4.80 Å². The third kappa shape index (κ3) is 6.92. The normalized spacial score (nSPS) is 19.4. The molecule has 3 unspecified atom stereocenters. The van der Waals surface area contributed by atoms with E-state index < -0.39 is 18.0 Å². The monoisotopic (exact) mass is 720 g/mol. The summed E-state index contributed by atoms with van der Waals surface area (Å²) in [6.45, 7) is 7.43. The van der Waals surface area contributed by atoms with E-state index in [2.05, 4.69) is 4.99 Å². The summed E-state index contributed by atoms with van der Waals surface area (Å²) < 4.78 is 23.5. The number of halogens is 2. The second kappa shape index (κ2) is 13.7. The highest BCUT2D eigenvalue weighted by Gasteiger charge is 2.61. The van der Waals surface area contributed by atoms with Crippen LogP contribution in [0.2, 0.25) is 0 Å². The number of thiazole rings is 1. The quantitative estimate of drug-likeness (QED) is 0.150. The van der Waals surface area contributed by atoms with Crippen LogP contribution >= 0.6 is 34.5 Å². The number of rotatable bonds is 9. The first-order valence-corrected chi connectivity index (χ1v) is 16.9. The molecule has 10 nitrogen and oxygen atoms in total. The van der Waals surface area contributed by atoms with Crippen molar-refractivity contribution in [3.63, 3.8) is 0 Å². The summed E-state index contributed by atoms with van der Waals surface area (Å²) in [5, 5.41) is 0. The van der Waals surface area contributed by atoms with Crippen LogP contribution in [0, 0.1) is 17.3 Å². The summed E-state index contributed by atoms with van der Waals surface area (Å²) in [4.78, 5) is 57.4. The van der Waals surface area contributed by atoms with Crippen molar-refractivity contribution in [3.8, 4) is 11.5 Å². The summed E-state index contributed by atoms with van der Waals surface area (Å²) in [6.07, 6.45) is 4.74. The molecule has 13 heteroatoms. The van der Waals surface area contributed by atoms with Crippen LogP contribution in [0.15, 0.2) is 103 Å². The van der Waals surface area contributed by atoms with Crippen molar-refractivity contribution in [1.29, 1.82) is 0 Å². The summed E-state index contributed by atoms with van der Waals surface area (Å²) in [7, 11) is 0. The lowest BCUT2D eigenvalue weighted by atomic mass is 9.96. The summed E-state index contributed by atoms with van der Waals surface area (Å²) in [5.41, 5.74) is 1.22. The Morgan fingerprint density at radius 3 is 2.31 bits per heavy atom. The predicted molar refractivity (Wildman–Crippen MR) is 183 cm³/mol. The number of hydrogen-bond donors (Lipinski definition) is 0. The Labute approximate surface area is 294 Å². The van der Waals surface area contributed by atoms with Crippen molar-refractivity contribution in [2.24, 2.45) is 22.2 Å². The van der Waals surface area contributed by atoms with Crippen LogP contribution in [-0.4, -0.2) is 29.1 Å². The molecule has 1 fully saturated rings. The predicted octanol–water partition coefficient (Wildman–Crippen LogP) is 6.11. The van der Waals surface area contributed by atoms with Gasteiger partial charge >= 0.3 is 17.9 Å². The number of ether oxygens (including phenoxy) is 3. The second-order valence-electron chi connectivity index (χ2n) is 12.0. The number of carbonyl (C=O) groups excluding carboxylic acids is 3. The minimum Gasteiger partial charge on any atom is -0.463 e. The number of nitrogens with zero attached hydrogens (tertiary/aromatic N) is 2. The Kier molecular flexibility index (Phi) is 9.52. The van der Waals surface area contributed by atoms with Gasteiger partial charge in [-0.25, -0.2) is 14.6 Å². The molecule has 49 heavy (non-hydrogen) atoms. The Morgan fingerprint density at radius 1 is 1.00 bits per heavy atom. The van der Waals surface area contributed by atoms with Gasteiger partial charge in [-0.1, -0.05) is 72.7 Å². The molecule has 3 heterocycles. The number of furan rings is 1. The fraction of sp³-hybridized carbons (Fsp3) is 0.250. The molecule has 2 aromatic carbocycles. The van der Waals surface area contributed by atoms with E-state index in [1.807, 2.05) is 13.8 Å². The topological polar surface area (TPSA) is 126 Å². The SMILES string of the molecule is CCOC(=O)C1=C(C)N=c2s/c(=C/c3ccc(OC(=O)C4C(C=C(Cl)Cl)C4(C)C)cc3)c(=O)n2C1c1ccc(OC(=O)c2ccco2)cc1. The number of aromatic nitrogens is 1. The molecule has 4 aromatic rings. The maximum Gasteiger partial charge on any atom is 0.379 e. The zero-order valence-electron chi connectivity index (χ0n) is 26.8. The summed E-state index contributed by atoms with van der Waals surface area (Å²) >= 11 is 12.8. The van der Waals surface area contributed by atoms with Crippen molar-refractivity contribution in [1.82, 2.24) is 4.57 Å². The van der Waals surface area contributed by atoms with Crippen molar-refractivity contribution in [2.45, 2.75) is 33.7 Å². The average molecular weight is 722 g/mol. The first-order valence-electron chi connectivity index (χ1n) is 15.3. The van der Waals surface area contributed by atoms with Crippen LogP contribution in [-0.2, 0) is 14.3 Å². The third-order valence-corrected chi connectivity index (χ3v) is 9.75. The number of fused-ring (bicyclic) bond motifs is 1. The van der Waals surface area contributed by atoms with E-state index in [0.29, 0.717) is 31.9 Å². The highest BCUT2D eigenvalue weighted by Crippen LogP contribution is 2.60. The van der Waals surface area contributed by atoms with Crippen LogP contribution in [0.3, 0.4) is 0 Å². The lowest BCUT2D eigenvalue weighted by molar-refractivity contribution is -0.139. The van der Waals surface area contributed by atoms with Crippen LogP contribution in [0.25, 0.3) is 6.08 Å². The van der Waals surface area contributed by atoms with E-state index >= 15 is 0 Å². The Hall–Kier alpha value is -4.71. The maximum absolute atomic E-state index is 14.0. The minimum absolute atomic E-state index is 0.0528.